The second-order valence-electron chi connectivity index (χ2n) is 4.96. The molecule has 0 spiro atoms. The second kappa shape index (κ2) is 5.76. The summed E-state index contributed by atoms with van der Waals surface area (Å²) >= 11 is -1.08. The molecule has 0 aliphatic rings. The van der Waals surface area contributed by atoms with Crippen molar-refractivity contribution in [2.75, 3.05) is 7.11 Å². The van der Waals surface area contributed by atoms with Gasteiger partial charge in [-0.2, -0.15) is 0 Å². The number of methoxy groups -OCH3 is 1. The Balaban J connectivity index is 2.79. The van der Waals surface area contributed by atoms with E-state index in [1.165, 1.54) is 0 Å². The van der Waals surface area contributed by atoms with Gasteiger partial charge in [-0.15, -0.1) is 4.72 Å². The van der Waals surface area contributed by atoms with E-state index < -0.39 is 11.4 Å². The van der Waals surface area contributed by atoms with Gasteiger partial charge in [0.2, 0.25) is 0 Å². The molecule has 0 aliphatic carbocycles. The van der Waals surface area contributed by atoms with Crippen LogP contribution in [0.2, 0.25) is 0 Å². The zero-order chi connectivity index (χ0) is 13.1. The van der Waals surface area contributed by atoms with Gasteiger partial charge in [-0.05, 0) is 33.8 Å². The fourth-order valence-corrected chi connectivity index (χ4v) is 2.23. The predicted octanol–water partition coefficient (Wildman–Crippen LogP) is 2.81. The van der Waals surface area contributed by atoms with E-state index in [9.17, 15) is 4.55 Å². The number of rotatable bonds is 4. The van der Waals surface area contributed by atoms with Gasteiger partial charge >= 0.3 is 0 Å². The molecule has 0 bridgehead atoms. The molecule has 1 aromatic carbocycles. The maximum atomic E-state index is 12.0. The number of nitrogens with one attached hydrogen (secondary N) is 1. The quantitative estimate of drug-likeness (QED) is 0.841. The fraction of sp³-hybridized carbons (Fsp3) is 0.538. The molecule has 1 rings (SSSR count). The van der Waals surface area contributed by atoms with Crippen molar-refractivity contribution in [3.63, 3.8) is 0 Å². The standard InChI is InChI=1S/C13H21NO2S/c1-10(14-17(15)13(2,3)4)11-8-6-7-9-12(11)16-5/h6-10,14H,1-5H3/t10-,17?/m0/s1. The van der Waals surface area contributed by atoms with Gasteiger partial charge in [0.05, 0.1) is 13.2 Å². The summed E-state index contributed by atoms with van der Waals surface area (Å²) in [7, 11) is 1.65. The number of hydrogen-bond acceptors (Lipinski definition) is 3. The van der Waals surface area contributed by atoms with E-state index in [0.717, 1.165) is 11.3 Å². The summed E-state index contributed by atoms with van der Waals surface area (Å²) in [6.07, 6.45) is 0. The zero-order valence-electron chi connectivity index (χ0n) is 11.1. The second-order valence-corrected chi connectivity index (χ2v) is 6.96. The molecule has 3 nitrogen and oxygen atoms in total. The summed E-state index contributed by atoms with van der Waals surface area (Å²) in [5.74, 6) is 0.818. The molecular weight excluding hydrogens is 234 g/mol. The monoisotopic (exact) mass is 255 g/mol. The lowest BCUT2D eigenvalue weighted by Gasteiger charge is -2.27. The lowest BCUT2D eigenvalue weighted by atomic mass is 10.1. The Morgan fingerprint density at radius 3 is 2.41 bits per heavy atom. The molecule has 0 fully saturated rings. The van der Waals surface area contributed by atoms with Gasteiger partial charge in [-0.25, -0.2) is 0 Å². The highest BCUT2D eigenvalue weighted by Crippen LogP contribution is 2.26. The molecule has 4 heteroatoms. The minimum Gasteiger partial charge on any atom is -0.598 e. The Kier molecular flexibility index (Phi) is 4.86. The molecule has 96 valence electrons. The van der Waals surface area contributed by atoms with Crippen LogP contribution >= 0.6 is 0 Å². The van der Waals surface area contributed by atoms with Crippen molar-refractivity contribution in [3.05, 3.63) is 29.8 Å². The van der Waals surface area contributed by atoms with E-state index in [0.29, 0.717) is 0 Å². The summed E-state index contributed by atoms with van der Waals surface area (Å²) in [6, 6.07) is 7.77. The predicted molar refractivity (Wildman–Crippen MR) is 72.4 cm³/mol. The Hall–Kier alpha value is -0.710. The van der Waals surface area contributed by atoms with Gasteiger partial charge < -0.3 is 9.29 Å². The van der Waals surface area contributed by atoms with Crippen molar-refractivity contribution >= 4 is 11.4 Å². The minimum atomic E-state index is -1.08. The van der Waals surface area contributed by atoms with E-state index in [1.54, 1.807) is 7.11 Å². The van der Waals surface area contributed by atoms with Crippen LogP contribution in [0.15, 0.2) is 24.3 Å². The highest BCUT2D eigenvalue weighted by atomic mass is 32.2. The van der Waals surface area contributed by atoms with Crippen molar-refractivity contribution in [3.8, 4) is 5.75 Å². The first-order valence-electron chi connectivity index (χ1n) is 5.67. The molecule has 0 amide bonds. The third-order valence-electron chi connectivity index (χ3n) is 2.45. The normalized spacial score (nSPS) is 15.4. The van der Waals surface area contributed by atoms with Crippen LogP contribution in [-0.2, 0) is 11.4 Å². The van der Waals surface area contributed by atoms with Crippen LogP contribution in [0.4, 0.5) is 0 Å². The summed E-state index contributed by atoms with van der Waals surface area (Å²) in [4.78, 5) is 0. The molecular formula is C13H21NO2S. The van der Waals surface area contributed by atoms with Crippen molar-refractivity contribution in [2.24, 2.45) is 0 Å². The lowest BCUT2D eigenvalue weighted by Crippen LogP contribution is -2.40. The largest absolute Gasteiger partial charge is 0.598 e. The summed E-state index contributed by atoms with van der Waals surface area (Å²) in [5.41, 5.74) is 1.02. The fourth-order valence-electron chi connectivity index (χ4n) is 1.42. The van der Waals surface area contributed by atoms with Crippen molar-refractivity contribution in [1.29, 1.82) is 0 Å². The summed E-state index contributed by atoms with van der Waals surface area (Å²) in [5, 5.41) is 0. The summed E-state index contributed by atoms with van der Waals surface area (Å²) in [6.45, 7) is 7.84. The van der Waals surface area contributed by atoms with E-state index in [4.69, 9.17) is 4.74 Å². The van der Waals surface area contributed by atoms with Crippen LogP contribution in [-0.4, -0.2) is 16.4 Å². The topological polar surface area (TPSA) is 44.3 Å². The van der Waals surface area contributed by atoms with E-state index in [1.807, 2.05) is 52.0 Å². The highest BCUT2D eigenvalue weighted by molar-refractivity contribution is 7.90. The lowest BCUT2D eigenvalue weighted by molar-refractivity contribution is 0.405. The third kappa shape index (κ3) is 3.91. The molecule has 0 aromatic heterocycles. The van der Waals surface area contributed by atoms with Crippen LogP contribution < -0.4 is 9.46 Å². The Labute approximate surface area is 107 Å². The minimum absolute atomic E-state index is 0.00814. The maximum Gasteiger partial charge on any atom is 0.136 e. The van der Waals surface area contributed by atoms with Crippen molar-refractivity contribution in [2.45, 2.75) is 38.5 Å². The average molecular weight is 255 g/mol. The number of hydrogen-bond donors (Lipinski definition) is 1. The molecule has 0 saturated heterocycles. The van der Waals surface area contributed by atoms with Crippen LogP contribution in [0.5, 0.6) is 5.75 Å². The first-order valence-corrected chi connectivity index (χ1v) is 6.82. The smallest absolute Gasteiger partial charge is 0.136 e. The Morgan fingerprint density at radius 1 is 1.29 bits per heavy atom. The number of ether oxygens (including phenoxy) is 1. The number of para-hydroxylation sites is 1. The van der Waals surface area contributed by atoms with Gasteiger partial charge in [-0.3, -0.25) is 0 Å². The third-order valence-corrected chi connectivity index (χ3v) is 4.13. The van der Waals surface area contributed by atoms with Gasteiger partial charge in [-0.1, -0.05) is 18.2 Å². The molecule has 0 aliphatic heterocycles. The van der Waals surface area contributed by atoms with Gasteiger partial charge in [0.15, 0.2) is 0 Å². The molecule has 1 aromatic rings. The average Bonchev–Trinajstić information content (AvgIpc) is 2.27. The van der Waals surface area contributed by atoms with Gasteiger partial charge in [0.1, 0.15) is 10.5 Å². The van der Waals surface area contributed by atoms with Gasteiger partial charge in [0, 0.05) is 16.9 Å². The summed E-state index contributed by atoms with van der Waals surface area (Å²) < 4.78 is 20.1. The Morgan fingerprint density at radius 2 is 1.88 bits per heavy atom. The molecule has 2 atom stereocenters. The molecule has 17 heavy (non-hydrogen) atoms. The van der Waals surface area contributed by atoms with E-state index >= 15 is 0 Å². The SMILES string of the molecule is COc1ccccc1[C@H](C)N[S+]([O-])C(C)(C)C. The molecule has 1 unspecified atom stereocenters. The highest BCUT2D eigenvalue weighted by Gasteiger charge is 2.28. The van der Waals surface area contributed by atoms with E-state index in [2.05, 4.69) is 4.72 Å². The molecule has 0 saturated carbocycles. The molecule has 1 N–H and O–H groups in total. The van der Waals surface area contributed by atoms with Crippen LogP contribution in [0.3, 0.4) is 0 Å². The Bertz CT molecular complexity index is 363. The van der Waals surface area contributed by atoms with Crippen LogP contribution in [0.25, 0.3) is 0 Å². The first kappa shape index (κ1) is 14.4. The molecule has 0 radical (unpaired) electrons. The maximum absolute atomic E-state index is 12.0. The number of benzene rings is 1. The zero-order valence-corrected chi connectivity index (χ0v) is 11.9. The first-order chi connectivity index (χ1) is 7.86. The van der Waals surface area contributed by atoms with Crippen LogP contribution in [0.1, 0.15) is 39.3 Å². The molecule has 0 heterocycles. The van der Waals surface area contributed by atoms with Crippen molar-refractivity contribution < 1.29 is 9.29 Å². The van der Waals surface area contributed by atoms with Crippen LogP contribution in [0, 0.1) is 0 Å². The van der Waals surface area contributed by atoms with Crippen molar-refractivity contribution in [1.82, 2.24) is 4.72 Å². The van der Waals surface area contributed by atoms with E-state index in [-0.39, 0.29) is 10.8 Å². The van der Waals surface area contributed by atoms with Gasteiger partial charge in [0.25, 0.3) is 0 Å².